The van der Waals surface area contributed by atoms with Crippen LogP contribution in [0.3, 0.4) is 0 Å². The summed E-state index contributed by atoms with van der Waals surface area (Å²) in [6.07, 6.45) is 0. The molecule has 0 aliphatic carbocycles. The summed E-state index contributed by atoms with van der Waals surface area (Å²) in [5.41, 5.74) is 7.52. The fourth-order valence-electron chi connectivity index (χ4n) is 1.59. The molecule has 0 saturated carbocycles. The topological polar surface area (TPSA) is 75.4 Å². The Morgan fingerprint density at radius 2 is 1.89 bits per heavy atom. The van der Waals surface area contributed by atoms with Gasteiger partial charge in [0.25, 0.3) is 0 Å². The van der Waals surface area contributed by atoms with Gasteiger partial charge >= 0.3 is 5.97 Å². The van der Waals surface area contributed by atoms with Crippen LogP contribution >= 0.6 is 15.9 Å². The summed E-state index contributed by atoms with van der Waals surface area (Å²) in [5, 5.41) is 12.2. The van der Waals surface area contributed by atoms with Crippen molar-refractivity contribution >= 4 is 39.0 Å². The standard InChI is InChI=1S/C13H11BrN2O2/c14-9-5-1-2-7-11(9)16-12-8(13(17)18)4-3-6-10(12)15/h1-7,16H,15H2,(H,17,18). The molecular formula is C13H11BrN2O2. The smallest absolute Gasteiger partial charge is 0.337 e. The van der Waals surface area contributed by atoms with Crippen molar-refractivity contribution in [1.29, 1.82) is 0 Å². The molecule has 4 nitrogen and oxygen atoms in total. The average molecular weight is 307 g/mol. The van der Waals surface area contributed by atoms with Crippen LogP contribution in [0.1, 0.15) is 10.4 Å². The Bertz CT molecular complexity index is 599. The number of benzene rings is 2. The number of nitrogens with one attached hydrogen (secondary N) is 1. The zero-order chi connectivity index (χ0) is 13.1. The number of aromatic carboxylic acids is 1. The lowest BCUT2D eigenvalue weighted by Crippen LogP contribution is -2.05. The monoisotopic (exact) mass is 306 g/mol. The number of carbonyl (C=O) groups is 1. The van der Waals surface area contributed by atoms with E-state index in [9.17, 15) is 4.79 Å². The lowest BCUT2D eigenvalue weighted by atomic mass is 10.1. The summed E-state index contributed by atoms with van der Waals surface area (Å²) < 4.78 is 0.838. The molecule has 2 rings (SSSR count). The zero-order valence-electron chi connectivity index (χ0n) is 9.35. The number of anilines is 3. The van der Waals surface area contributed by atoms with Crippen LogP contribution in [-0.4, -0.2) is 11.1 Å². The van der Waals surface area contributed by atoms with Gasteiger partial charge in [0.1, 0.15) is 0 Å². The second-order valence-corrected chi connectivity index (χ2v) is 4.53. The largest absolute Gasteiger partial charge is 0.478 e. The number of nitrogens with two attached hydrogens (primary N) is 1. The second kappa shape index (κ2) is 5.10. The van der Waals surface area contributed by atoms with Gasteiger partial charge in [-0.3, -0.25) is 0 Å². The van der Waals surface area contributed by atoms with Gasteiger partial charge in [0.15, 0.2) is 0 Å². The maximum absolute atomic E-state index is 11.1. The first kappa shape index (κ1) is 12.4. The number of carboxylic acid groups (broad SMARTS) is 1. The minimum atomic E-state index is -1.02. The molecule has 0 aromatic heterocycles. The maximum Gasteiger partial charge on any atom is 0.337 e. The summed E-state index contributed by atoms with van der Waals surface area (Å²) in [4.78, 5) is 11.1. The van der Waals surface area contributed by atoms with Crippen LogP contribution in [0, 0.1) is 0 Å². The van der Waals surface area contributed by atoms with Crippen LogP contribution in [0.5, 0.6) is 0 Å². The molecule has 92 valence electrons. The molecule has 0 aliphatic heterocycles. The van der Waals surface area contributed by atoms with Gasteiger partial charge in [-0.25, -0.2) is 4.79 Å². The number of carboxylic acids is 1. The molecule has 4 N–H and O–H groups in total. The second-order valence-electron chi connectivity index (χ2n) is 3.68. The van der Waals surface area contributed by atoms with E-state index in [2.05, 4.69) is 21.2 Å². The molecule has 18 heavy (non-hydrogen) atoms. The molecule has 0 radical (unpaired) electrons. The Balaban J connectivity index is 2.46. The lowest BCUT2D eigenvalue weighted by Gasteiger charge is -2.13. The third kappa shape index (κ3) is 2.46. The minimum Gasteiger partial charge on any atom is -0.478 e. The molecule has 0 amide bonds. The Labute approximate surface area is 113 Å². The van der Waals surface area contributed by atoms with E-state index in [0.29, 0.717) is 11.4 Å². The highest BCUT2D eigenvalue weighted by molar-refractivity contribution is 9.10. The first-order valence-electron chi connectivity index (χ1n) is 5.23. The van der Waals surface area contributed by atoms with Crippen molar-refractivity contribution in [2.45, 2.75) is 0 Å². The van der Waals surface area contributed by atoms with Gasteiger partial charge in [-0.15, -0.1) is 0 Å². The summed E-state index contributed by atoms with van der Waals surface area (Å²) in [5.74, 6) is -1.02. The Kier molecular flexibility index (Phi) is 3.53. The van der Waals surface area contributed by atoms with Crippen LogP contribution in [-0.2, 0) is 0 Å². The highest BCUT2D eigenvalue weighted by Crippen LogP contribution is 2.31. The average Bonchev–Trinajstić information content (AvgIpc) is 2.34. The van der Waals surface area contributed by atoms with Gasteiger partial charge < -0.3 is 16.2 Å². The molecular weight excluding hydrogens is 296 g/mol. The van der Waals surface area contributed by atoms with Crippen molar-refractivity contribution in [3.63, 3.8) is 0 Å². The minimum absolute atomic E-state index is 0.144. The first-order chi connectivity index (χ1) is 8.59. The number of hydrogen-bond acceptors (Lipinski definition) is 3. The van der Waals surface area contributed by atoms with Crippen molar-refractivity contribution in [3.05, 3.63) is 52.5 Å². The fraction of sp³-hybridized carbons (Fsp3) is 0. The number of halogens is 1. The van der Waals surface area contributed by atoms with E-state index in [4.69, 9.17) is 10.8 Å². The van der Waals surface area contributed by atoms with Gasteiger partial charge in [0.05, 0.1) is 22.6 Å². The number of nitrogen functional groups attached to an aromatic ring is 1. The number of para-hydroxylation sites is 2. The molecule has 0 spiro atoms. The number of rotatable bonds is 3. The molecule has 0 unspecified atom stereocenters. The van der Waals surface area contributed by atoms with E-state index in [0.717, 1.165) is 10.2 Å². The van der Waals surface area contributed by atoms with Crippen LogP contribution in [0.4, 0.5) is 17.1 Å². The molecule has 2 aromatic rings. The summed E-state index contributed by atoms with van der Waals surface area (Å²) in [6, 6.07) is 12.2. The molecule has 0 atom stereocenters. The van der Waals surface area contributed by atoms with Crippen LogP contribution in [0.15, 0.2) is 46.9 Å². The van der Waals surface area contributed by atoms with Crippen molar-refractivity contribution in [2.75, 3.05) is 11.1 Å². The molecule has 0 heterocycles. The van der Waals surface area contributed by atoms with E-state index in [1.807, 2.05) is 24.3 Å². The van der Waals surface area contributed by atoms with Crippen molar-refractivity contribution in [2.24, 2.45) is 0 Å². The van der Waals surface area contributed by atoms with Gasteiger partial charge in [-0.05, 0) is 40.2 Å². The predicted molar refractivity (Wildman–Crippen MR) is 75.2 cm³/mol. The third-order valence-corrected chi connectivity index (χ3v) is 3.15. The van der Waals surface area contributed by atoms with Gasteiger partial charge in [0, 0.05) is 4.47 Å². The van der Waals surface area contributed by atoms with E-state index < -0.39 is 5.97 Å². The lowest BCUT2D eigenvalue weighted by molar-refractivity contribution is 0.0698. The highest BCUT2D eigenvalue weighted by atomic mass is 79.9. The van der Waals surface area contributed by atoms with Gasteiger partial charge in [-0.1, -0.05) is 18.2 Å². The first-order valence-corrected chi connectivity index (χ1v) is 6.02. The zero-order valence-corrected chi connectivity index (χ0v) is 10.9. The normalized spacial score (nSPS) is 10.1. The van der Waals surface area contributed by atoms with Crippen molar-refractivity contribution in [1.82, 2.24) is 0 Å². The highest BCUT2D eigenvalue weighted by Gasteiger charge is 2.13. The van der Waals surface area contributed by atoms with Crippen LogP contribution < -0.4 is 11.1 Å². The third-order valence-electron chi connectivity index (χ3n) is 2.46. The Morgan fingerprint density at radius 1 is 1.17 bits per heavy atom. The SMILES string of the molecule is Nc1cccc(C(=O)O)c1Nc1ccccc1Br. The van der Waals surface area contributed by atoms with Crippen molar-refractivity contribution in [3.8, 4) is 0 Å². The van der Waals surface area contributed by atoms with Crippen LogP contribution in [0.2, 0.25) is 0 Å². The summed E-state index contributed by atoms with van der Waals surface area (Å²) in [6.45, 7) is 0. The molecule has 5 heteroatoms. The Hall–Kier alpha value is -2.01. The van der Waals surface area contributed by atoms with Crippen molar-refractivity contribution < 1.29 is 9.90 Å². The van der Waals surface area contributed by atoms with Gasteiger partial charge in [-0.2, -0.15) is 0 Å². The van der Waals surface area contributed by atoms with Gasteiger partial charge in [0.2, 0.25) is 0 Å². The van der Waals surface area contributed by atoms with E-state index >= 15 is 0 Å². The van der Waals surface area contributed by atoms with Crippen LogP contribution in [0.25, 0.3) is 0 Å². The maximum atomic E-state index is 11.1. The van der Waals surface area contributed by atoms with E-state index in [1.54, 1.807) is 12.1 Å². The molecule has 0 bridgehead atoms. The Morgan fingerprint density at radius 3 is 2.56 bits per heavy atom. The molecule has 2 aromatic carbocycles. The predicted octanol–water partition coefficient (Wildman–Crippen LogP) is 3.47. The molecule has 0 fully saturated rings. The fourth-order valence-corrected chi connectivity index (χ4v) is 1.97. The summed E-state index contributed by atoms with van der Waals surface area (Å²) >= 11 is 3.39. The molecule has 0 saturated heterocycles. The van der Waals surface area contributed by atoms with E-state index in [-0.39, 0.29) is 5.56 Å². The number of hydrogen-bond donors (Lipinski definition) is 3. The van der Waals surface area contributed by atoms with E-state index in [1.165, 1.54) is 6.07 Å². The summed E-state index contributed by atoms with van der Waals surface area (Å²) in [7, 11) is 0. The quantitative estimate of drug-likeness (QED) is 0.759. The molecule has 0 aliphatic rings.